The number of fused-ring (bicyclic) bond motifs is 20. The van der Waals surface area contributed by atoms with Crippen molar-refractivity contribution in [3.05, 3.63) is 326 Å². The molecule has 2 aliphatic rings. The lowest BCUT2D eigenvalue weighted by molar-refractivity contribution is 0.661. The summed E-state index contributed by atoms with van der Waals surface area (Å²) in [5.74, 6) is 0. The van der Waals surface area contributed by atoms with Gasteiger partial charge in [-0.3, -0.25) is 0 Å². The van der Waals surface area contributed by atoms with Crippen LogP contribution in [0.3, 0.4) is 0 Å². The number of hydrogen-bond acceptors (Lipinski definition) is 2. The van der Waals surface area contributed by atoms with E-state index in [2.05, 4.69) is 340 Å². The number of nitrogens with zero attached hydrogens (tertiary/aromatic N) is 2. The molecule has 0 atom stereocenters. The van der Waals surface area contributed by atoms with Crippen LogP contribution < -0.4 is 0 Å². The number of thiophene rings is 2. The van der Waals surface area contributed by atoms with Gasteiger partial charge in [0.2, 0.25) is 0 Å². The average Bonchev–Trinajstić information content (AvgIpc) is 1.56. The van der Waals surface area contributed by atoms with Crippen molar-refractivity contribution in [3.8, 4) is 78.1 Å². The Morgan fingerprint density at radius 2 is 0.691 bits per heavy atom. The Hall–Kier alpha value is -10.9. The molecule has 0 spiro atoms. The molecule has 0 unspecified atom stereocenters. The molecule has 2 nitrogen and oxygen atoms in total. The fraction of sp³-hybridized carbons (Fsp3) is 0.0667. The Morgan fingerprint density at radius 3 is 1.30 bits per heavy atom. The van der Waals surface area contributed by atoms with E-state index in [0.717, 1.165) is 0 Å². The summed E-state index contributed by atoms with van der Waals surface area (Å²) < 4.78 is 10.3. The van der Waals surface area contributed by atoms with E-state index < -0.39 is 0 Å². The Balaban J connectivity index is 0.000000133. The number of para-hydroxylation sites is 2. The third-order valence-electron chi connectivity index (χ3n) is 20.8. The second-order valence-electron chi connectivity index (χ2n) is 26.7. The first kappa shape index (κ1) is 54.8. The van der Waals surface area contributed by atoms with Crippen molar-refractivity contribution in [3.63, 3.8) is 0 Å². The Kier molecular flexibility index (Phi) is 12.1. The highest BCUT2D eigenvalue weighted by Crippen LogP contribution is 2.57. The zero-order valence-corrected chi connectivity index (χ0v) is 54.2. The highest BCUT2D eigenvalue weighted by atomic mass is 32.1. The van der Waals surface area contributed by atoms with Gasteiger partial charge in [-0.2, -0.15) is 0 Å². The summed E-state index contributed by atoms with van der Waals surface area (Å²) in [6.07, 6.45) is 0. The topological polar surface area (TPSA) is 9.86 Å². The molecule has 4 aromatic heterocycles. The van der Waals surface area contributed by atoms with Gasteiger partial charge in [-0.05, 0) is 181 Å². The monoisotopic (exact) mass is 1230 g/mol. The van der Waals surface area contributed by atoms with Crippen LogP contribution in [-0.2, 0) is 10.8 Å². The summed E-state index contributed by atoms with van der Waals surface area (Å²) in [5, 5.41) is 10.6. The molecule has 444 valence electrons. The summed E-state index contributed by atoms with van der Waals surface area (Å²) in [7, 11) is 0. The molecule has 94 heavy (non-hydrogen) atoms. The van der Waals surface area contributed by atoms with Gasteiger partial charge in [-0.1, -0.05) is 234 Å². The molecule has 0 fully saturated rings. The maximum atomic E-state index is 2.46. The van der Waals surface area contributed by atoms with Crippen molar-refractivity contribution >= 4 is 107 Å². The third-order valence-corrected chi connectivity index (χ3v) is 23.1. The summed E-state index contributed by atoms with van der Waals surface area (Å²) in [6.45, 7) is 9.60. The normalized spacial score (nSPS) is 13.5. The first-order chi connectivity index (χ1) is 46.1. The first-order valence-corrected chi connectivity index (χ1v) is 34.3. The van der Waals surface area contributed by atoms with Crippen LogP contribution in [0.1, 0.15) is 49.9 Å². The van der Waals surface area contributed by atoms with E-state index in [0.29, 0.717) is 0 Å². The standard InChI is InChI=1S/2C45H31NS/c1-45(2)38-27-31(17-20-33(38)34-21-24-42-43(44(34)45)35-15-9-10-16-41(35)47-42)30-19-23-40-37(26-30)36-25-29(28-11-5-3-6-12-28)18-22-39(36)46(40)32-13-7-4-8-14-32;1-45(2)38-23-22-35-34-15-9-10-16-42(34)47-44(35)43(38)36-21-18-30(26-39(36)45)31-17-20-33-37-25-29(28-11-5-3-6-12-28)19-24-40(37)46(41(33)27-31)32-13-7-4-8-14-32/h2*3-27H,1-2H3. The lowest BCUT2D eigenvalue weighted by Crippen LogP contribution is -2.15. The van der Waals surface area contributed by atoms with E-state index in [-0.39, 0.29) is 10.8 Å². The van der Waals surface area contributed by atoms with E-state index >= 15 is 0 Å². The highest BCUT2D eigenvalue weighted by molar-refractivity contribution is 7.26. The number of aromatic nitrogens is 2. The van der Waals surface area contributed by atoms with Crippen LogP contribution in [0.2, 0.25) is 0 Å². The molecular formula is C90H62N2S2. The van der Waals surface area contributed by atoms with Gasteiger partial charge in [0.05, 0.1) is 22.1 Å². The Labute approximate surface area is 554 Å². The predicted molar refractivity (Wildman–Crippen MR) is 404 cm³/mol. The first-order valence-electron chi connectivity index (χ1n) is 32.7. The van der Waals surface area contributed by atoms with Gasteiger partial charge in [0.25, 0.3) is 0 Å². The minimum absolute atomic E-state index is 0.0814. The van der Waals surface area contributed by atoms with E-state index in [9.17, 15) is 0 Å². The Morgan fingerprint density at radius 1 is 0.255 bits per heavy atom. The molecule has 18 aromatic rings. The number of hydrogen-bond donors (Lipinski definition) is 0. The van der Waals surface area contributed by atoms with Crippen molar-refractivity contribution in [1.29, 1.82) is 0 Å². The molecule has 0 saturated carbocycles. The van der Waals surface area contributed by atoms with E-state index in [1.807, 2.05) is 22.7 Å². The molecule has 0 saturated heterocycles. The molecule has 0 amide bonds. The lowest BCUT2D eigenvalue weighted by atomic mass is 9.80. The minimum atomic E-state index is -0.109. The molecular weight excluding hydrogens is 1170 g/mol. The second-order valence-corrected chi connectivity index (χ2v) is 28.8. The fourth-order valence-electron chi connectivity index (χ4n) is 16.2. The average molecular weight is 1240 g/mol. The number of benzene rings is 14. The molecule has 0 aliphatic heterocycles. The minimum Gasteiger partial charge on any atom is -0.309 e. The molecule has 20 rings (SSSR count). The van der Waals surface area contributed by atoms with E-state index in [1.165, 1.54) is 184 Å². The molecule has 0 bridgehead atoms. The maximum Gasteiger partial charge on any atom is 0.0547 e. The van der Waals surface area contributed by atoms with Crippen LogP contribution in [0, 0.1) is 0 Å². The van der Waals surface area contributed by atoms with Crippen LogP contribution >= 0.6 is 22.7 Å². The zero-order chi connectivity index (χ0) is 62.6. The molecule has 4 heteroatoms. The quantitative estimate of drug-likeness (QED) is 0.157. The van der Waals surface area contributed by atoms with Gasteiger partial charge in [-0.15, -0.1) is 22.7 Å². The third kappa shape index (κ3) is 8.26. The molecule has 0 radical (unpaired) electrons. The van der Waals surface area contributed by atoms with E-state index in [1.54, 1.807) is 0 Å². The van der Waals surface area contributed by atoms with Crippen molar-refractivity contribution in [1.82, 2.24) is 9.13 Å². The summed E-state index contributed by atoms with van der Waals surface area (Å²) in [4.78, 5) is 0. The van der Waals surface area contributed by atoms with Crippen LogP contribution in [-0.4, -0.2) is 9.13 Å². The van der Waals surface area contributed by atoms with Crippen molar-refractivity contribution in [2.24, 2.45) is 0 Å². The smallest absolute Gasteiger partial charge is 0.0547 e. The SMILES string of the molecule is CC1(C)c2cc(-c3ccc4c(c3)c3cc(-c5ccccc5)ccc3n4-c3ccccc3)ccc2-c2ccc3sc4ccccc4c3c21.CC1(C)c2cc(-c3ccc4c5cc(-c6ccccc6)ccc5n(-c5ccccc5)c4c3)ccc2-c2c1ccc1c2sc2ccccc21. The maximum absolute atomic E-state index is 2.46. The van der Waals surface area contributed by atoms with Gasteiger partial charge in [0.15, 0.2) is 0 Å². The van der Waals surface area contributed by atoms with Gasteiger partial charge in [-0.25, -0.2) is 0 Å². The van der Waals surface area contributed by atoms with Crippen LogP contribution in [0.5, 0.6) is 0 Å². The van der Waals surface area contributed by atoms with Gasteiger partial charge < -0.3 is 9.13 Å². The molecule has 4 heterocycles. The molecule has 0 N–H and O–H groups in total. The molecule has 14 aromatic carbocycles. The summed E-state index contributed by atoms with van der Waals surface area (Å²) >= 11 is 3.84. The van der Waals surface area contributed by atoms with Gasteiger partial charge in [0, 0.05) is 89.7 Å². The highest BCUT2D eigenvalue weighted by Gasteiger charge is 2.39. The van der Waals surface area contributed by atoms with Crippen molar-refractivity contribution in [2.45, 2.75) is 38.5 Å². The van der Waals surface area contributed by atoms with E-state index in [4.69, 9.17) is 0 Å². The van der Waals surface area contributed by atoms with Crippen molar-refractivity contribution < 1.29 is 0 Å². The second kappa shape index (κ2) is 20.8. The molecule has 2 aliphatic carbocycles. The van der Waals surface area contributed by atoms with Crippen LogP contribution in [0.4, 0.5) is 0 Å². The van der Waals surface area contributed by atoms with Crippen molar-refractivity contribution in [2.75, 3.05) is 0 Å². The van der Waals surface area contributed by atoms with Crippen LogP contribution in [0.15, 0.2) is 303 Å². The predicted octanol–water partition coefficient (Wildman–Crippen LogP) is 25.6. The largest absolute Gasteiger partial charge is 0.309 e. The number of rotatable bonds is 6. The fourth-order valence-corrected chi connectivity index (χ4v) is 18.6. The zero-order valence-electron chi connectivity index (χ0n) is 52.6. The summed E-state index contributed by atoms with van der Waals surface area (Å²) in [6, 6.07) is 112. The van der Waals surface area contributed by atoms with Gasteiger partial charge in [0.1, 0.15) is 0 Å². The lowest BCUT2D eigenvalue weighted by Gasteiger charge is -2.23. The van der Waals surface area contributed by atoms with Crippen LogP contribution in [0.25, 0.3) is 162 Å². The van der Waals surface area contributed by atoms with Gasteiger partial charge >= 0.3 is 0 Å². The Bertz CT molecular complexity index is 6140. The summed E-state index contributed by atoms with van der Waals surface area (Å²) in [5.41, 5.74) is 28.3.